The van der Waals surface area contributed by atoms with Crippen molar-refractivity contribution < 1.29 is 14.3 Å². The molecule has 1 amide bonds. The number of halogens is 2. The summed E-state index contributed by atoms with van der Waals surface area (Å²) in [5, 5.41) is 2.83. The van der Waals surface area contributed by atoms with Gasteiger partial charge in [0.05, 0.1) is 16.5 Å². The first-order chi connectivity index (χ1) is 11.9. The zero-order valence-electron chi connectivity index (χ0n) is 13.9. The zero-order chi connectivity index (χ0) is 18.4. The van der Waals surface area contributed by atoms with E-state index in [1.807, 2.05) is 30.3 Å². The van der Waals surface area contributed by atoms with E-state index in [2.05, 4.69) is 37.2 Å². The third-order valence-corrected chi connectivity index (χ3v) is 6.07. The van der Waals surface area contributed by atoms with Crippen molar-refractivity contribution in [1.82, 2.24) is 0 Å². The summed E-state index contributed by atoms with van der Waals surface area (Å²) in [7, 11) is 0. The molecule has 0 saturated carbocycles. The molecular formula is C19H19Br2NO3. The lowest BCUT2D eigenvalue weighted by molar-refractivity contribution is -0.115. The Labute approximate surface area is 164 Å². The summed E-state index contributed by atoms with van der Waals surface area (Å²) >= 11 is 6.98. The average Bonchev–Trinajstić information content (AvgIpc) is 2.61. The Balaban J connectivity index is 1.99. The highest BCUT2D eigenvalue weighted by molar-refractivity contribution is 9.12. The fourth-order valence-corrected chi connectivity index (χ4v) is 3.09. The van der Waals surface area contributed by atoms with Crippen LogP contribution in [-0.2, 0) is 9.53 Å². The van der Waals surface area contributed by atoms with Crippen molar-refractivity contribution in [3.63, 3.8) is 0 Å². The highest BCUT2D eigenvalue weighted by atomic mass is 79.9. The van der Waals surface area contributed by atoms with E-state index in [0.717, 1.165) is 5.56 Å². The number of carbonyl (C=O) groups is 2. The van der Waals surface area contributed by atoms with Crippen molar-refractivity contribution in [2.45, 2.75) is 29.6 Å². The second kappa shape index (κ2) is 9.15. The van der Waals surface area contributed by atoms with Crippen LogP contribution in [0.3, 0.4) is 0 Å². The normalized spacial score (nSPS) is 13.2. The SMILES string of the molecule is CC(C)OC(=O)c1ccc(NC(=O)C(Br)C(Br)c2ccccc2)cc1. The van der Waals surface area contributed by atoms with Crippen molar-refractivity contribution >= 4 is 49.4 Å². The molecule has 2 rings (SSSR count). The van der Waals surface area contributed by atoms with Gasteiger partial charge < -0.3 is 10.1 Å². The molecule has 0 spiro atoms. The Morgan fingerprint density at radius 3 is 2.12 bits per heavy atom. The topological polar surface area (TPSA) is 55.4 Å². The van der Waals surface area contributed by atoms with E-state index in [4.69, 9.17) is 4.74 Å². The quantitative estimate of drug-likeness (QED) is 0.474. The number of alkyl halides is 2. The van der Waals surface area contributed by atoms with Gasteiger partial charge >= 0.3 is 5.97 Å². The van der Waals surface area contributed by atoms with Gasteiger partial charge in [0, 0.05) is 5.69 Å². The minimum atomic E-state index is -0.444. The van der Waals surface area contributed by atoms with Gasteiger partial charge in [-0.2, -0.15) is 0 Å². The van der Waals surface area contributed by atoms with Crippen LogP contribution in [0.15, 0.2) is 54.6 Å². The van der Waals surface area contributed by atoms with Crippen LogP contribution in [0.1, 0.15) is 34.6 Å². The zero-order valence-corrected chi connectivity index (χ0v) is 17.1. The van der Waals surface area contributed by atoms with Crippen LogP contribution in [0.25, 0.3) is 0 Å². The summed E-state index contributed by atoms with van der Waals surface area (Å²) in [6, 6.07) is 16.3. The van der Waals surface area contributed by atoms with E-state index < -0.39 is 4.83 Å². The largest absolute Gasteiger partial charge is 0.459 e. The van der Waals surface area contributed by atoms with E-state index in [1.54, 1.807) is 38.1 Å². The molecule has 2 atom stereocenters. The maximum atomic E-state index is 12.4. The minimum Gasteiger partial charge on any atom is -0.459 e. The Hall–Kier alpha value is -1.66. The first-order valence-corrected chi connectivity index (χ1v) is 9.66. The van der Waals surface area contributed by atoms with Crippen LogP contribution in [0.2, 0.25) is 0 Å². The monoisotopic (exact) mass is 467 g/mol. The third-order valence-electron chi connectivity index (χ3n) is 3.36. The molecule has 4 nitrogen and oxygen atoms in total. The van der Waals surface area contributed by atoms with Gasteiger partial charge in [0.25, 0.3) is 0 Å². The Morgan fingerprint density at radius 1 is 0.960 bits per heavy atom. The lowest BCUT2D eigenvalue weighted by atomic mass is 10.1. The number of rotatable bonds is 6. The van der Waals surface area contributed by atoms with E-state index in [-0.39, 0.29) is 22.8 Å². The molecule has 0 saturated heterocycles. The molecule has 2 aromatic rings. The van der Waals surface area contributed by atoms with Crippen LogP contribution >= 0.6 is 31.9 Å². The Kier molecular flexibility index (Phi) is 7.20. The van der Waals surface area contributed by atoms with Crippen LogP contribution in [0.5, 0.6) is 0 Å². The predicted molar refractivity (Wildman–Crippen MR) is 106 cm³/mol. The molecule has 0 aromatic heterocycles. The summed E-state index contributed by atoms with van der Waals surface area (Å²) in [4.78, 5) is 23.6. The highest BCUT2D eigenvalue weighted by Crippen LogP contribution is 2.31. The number of benzene rings is 2. The predicted octanol–water partition coefficient (Wildman–Crippen LogP) is 5.09. The number of esters is 1. The first kappa shape index (κ1) is 19.7. The van der Waals surface area contributed by atoms with Crippen LogP contribution < -0.4 is 5.32 Å². The molecule has 0 bridgehead atoms. The van der Waals surface area contributed by atoms with E-state index >= 15 is 0 Å². The fraction of sp³-hybridized carbons (Fsp3) is 0.263. The molecule has 0 radical (unpaired) electrons. The van der Waals surface area contributed by atoms with Gasteiger partial charge in [-0.3, -0.25) is 4.79 Å². The molecule has 0 aliphatic heterocycles. The van der Waals surface area contributed by atoms with Gasteiger partial charge in [-0.15, -0.1) is 0 Å². The van der Waals surface area contributed by atoms with Gasteiger partial charge in [0.15, 0.2) is 0 Å². The molecule has 0 fully saturated rings. The van der Waals surface area contributed by atoms with E-state index in [1.165, 1.54) is 0 Å². The van der Waals surface area contributed by atoms with Gasteiger partial charge in [-0.25, -0.2) is 4.79 Å². The summed E-state index contributed by atoms with van der Waals surface area (Å²) in [5.41, 5.74) is 2.07. The number of carbonyl (C=O) groups excluding carboxylic acids is 2. The molecule has 25 heavy (non-hydrogen) atoms. The van der Waals surface area contributed by atoms with Crippen molar-refractivity contribution in [3.05, 3.63) is 65.7 Å². The van der Waals surface area contributed by atoms with Crippen molar-refractivity contribution in [1.29, 1.82) is 0 Å². The van der Waals surface area contributed by atoms with Crippen LogP contribution in [0, 0.1) is 0 Å². The second-order valence-electron chi connectivity index (χ2n) is 5.73. The number of hydrogen-bond donors (Lipinski definition) is 1. The molecule has 0 heterocycles. The van der Waals surface area contributed by atoms with Crippen molar-refractivity contribution in [2.24, 2.45) is 0 Å². The van der Waals surface area contributed by atoms with E-state index in [9.17, 15) is 9.59 Å². The Bertz CT molecular complexity index is 717. The van der Waals surface area contributed by atoms with Crippen LogP contribution in [-0.4, -0.2) is 22.8 Å². The second-order valence-corrected chi connectivity index (χ2v) is 7.71. The van der Waals surface area contributed by atoms with Gasteiger partial charge in [-0.05, 0) is 43.7 Å². The Morgan fingerprint density at radius 2 is 1.56 bits per heavy atom. The number of ether oxygens (including phenoxy) is 1. The molecule has 2 unspecified atom stereocenters. The third kappa shape index (κ3) is 5.68. The summed E-state index contributed by atoms with van der Waals surface area (Å²) in [6.45, 7) is 3.60. The summed E-state index contributed by atoms with van der Waals surface area (Å²) < 4.78 is 5.14. The first-order valence-electron chi connectivity index (χ1n) is 7.83. The smallest absolute Gasteiger partial charge is 0.338 e. The lowest BCUT2D eigenvalue weighted by Crippen LogP contribution is -2.26. The number of anilines is 1. The van der Waals surface area contributed by atoms with Gasteiger partial charge in [-0.1, -0.05) is 62.2 Å². The standard InChI is InChI=1S/C19H19Br2NO3/c1-12(2)25-19(24)14-8-10-15(11-9-14)22-18(23)17(21)16(20)13-6-4-3-5-7-13/h3-12,16-17H,1-2H3,(H,22,23). The number of amides is 1. The molecule has 1 N–H and O–H groups in total. The van der Waals surface area contributed by atoms with Crippen molar-refractivity contribution in [2.75, 3.05) is 5.32 Å². The van der Waals surface area contributed by atoms with Gasteiger partial charge in [0.1, 0.15) is 4.83 Å². The molecule has 132 valence electrons. The average molecular weight is 469 g/mol. The minimum absolute atomic E-state index is 0.158. The molecule has 2 aromatic carbocycles. The van der Waals surface area contributed by atoms with Crippen LogP contribution in [0.4, 0.5) is 5.69 Å². The molecule has 0 aliphatic carbocycles. The fourth-order valence-electron chi connectivity index (χ4n) is 2.12. The highest BCUT2D eigenvalue weighted by Gasteiger charge is 2.25. The molecular weight excluding hydrogens is 450 g/mol. The maximum Gasteiger partial charge on any atom is 0.338 e. The van der Waals surface area contributed by atoms with Crippen molar-refractivity contribution in [3.8, 4) is 0 Å². The lowest BCUT2D eigenvalue weighted by Gasteiger charge is -2.17. The maximum absolute atomic E-state index is 12.4. The molecule has 6 heteroatoms. The number of nitrogens with one attached hydrogen (secondary N) is 1. The molecule has 0 aliphatic rings. The van der Waals surface area contributed by atoms with Gasteiger partial charge in [0.2, 0.25) is 5.91 Å². The summed E-state index contributed by atoms with van der Waals surface area (Å²) in [6.07, 6.45) is -0.171. The summed E-state index contributed by atoms with van der Waals surface area (Å²) in [5.74, 6) is -0.556. The van der Waals surface area contributed by atoms with E-state index in [0.29, 0.717) is 11.3 Å². The number of hydrogen-bond acceptors (Lipinski definition) is 3.